The van der Waals surface area contributed by atoms with Crippen LogP contribution in [0.5, 0.6) is 0 Å². The van der Waals surface area contributed by atoms with E-state index in [4.69, 9.17) is 4.98 Å². The summed E-state index contributed by atoms with van der Waals surface area (Å²) < 4.78 is 1.96. The molecule has 39 heavy (non-hydrogen) atoms. The van der Waals surface area contributed by atoms with E-state index in [-0.39, 0.29) is 18.1 Å². The quantitative estimate of drug-likeness (QED) is 0.327. The molecule has 3 heterocycles. The zero-order valence-corrected chi connectivity index (χ0v) is 22.2. The number of piperazine rings is 1. The maximum Gasteiger partial charge on any atom is 0.321 e. The van der Waals surface area contributed by atoms with Crippen molar-refractivity contribution in [3.05, 3.63) is 85.3 Å². The summed E-state index contributed by atoms with van der Waals surface area (Å²) in [6, 6.07) is 24.0. The van der Waals surface area contributed by atoms with E-state index in [9.17, 15) is 4.79 Å². The van der Waals surface area contributed by atoms with Gasteiger partial charge in [-0.05, 0) is 43.1 Å². The Morgan fingerprint density at radius 1 is 1.00 bits per heavy atom. The zero-order chi connectivity index (χ0) is 26.8. The number of benzene rings is 3. The molecule has 2 amide bonds. The summed E-state index contributed by atoms with van der Waals surface area (Å²) >= 11 is 0. The van der Waals surface area contributed by atoms with Crippen molar-refractivity contribution in [2.45, 2.75) is 25.9 Å². The first-order valence-electron chi connectivity index (χ1n) is 13.4. The lowest BCUT2D eigenvalue weighted by Crippen LogP contribution is -2.60. The first kappa shape index (κ1) is 24.8. The number of aromatic nitrogens is 4. The molecule has 5 aromatic rings. The molecule has 6 rings (SSSR count). The minimum Gasteiger partial charge on any atom is -0.350 e. The molecule has 3 aromatic carbocycles. The number of urea groups is 1. The summed E-state index contributed by atoms with van der Waals surface area (Å²) in [5.41, 5.74) is 2.74. The molecule has 1 aliphatic rings. The van der Waals surface area contributed by atoms with E-state index in [0.29, 0.717) is 19.0 Å². The van der Waals surface area contributed by atoms with Crippen molar-refractivity contribution in [3.63, 3.8) is 0 Å². The van der Waals surface area contributed by atoms with Crippen molar-refractivity contribution in [1.82, 2.24) is 29.3 Å². The fourth-order valence-electron chi connectivity index (χ4n) is 5.42. The molecule has 0 aliphatic carbocycles. The Bertz CT molecular complexity index is 1610. The average molecular weight is 521 g/mol. The van der Waals surface area contributed by atoms with E-state index >= 15 is 0 Å². The largest absolute Gasteiger partial charge is 0.350 e. The van der Waals surface area contributed by atoms with Crippen molar-refractivity contribution in [1.29, 1.82) is 0 Å². The highest BCUT2D eigenvalue weighted by Gasteiger charge is 2.33. The van der Waals surface area contributed by atoms with Crippen molar-refractivity contribution in [2.24, 2.45) is 0 Å². The molecule has 0 saturated carbocycles. The fraction of sp³-hybridized carbons (Fsp3) is 0.267. The van der Waals surface area contributed by atoms with Crippen LogP contribution < -0.4 is 10.6 Å². The van der Waals surface area contributed by atoms with Gasteiger partial charge in [0.1, 0.15) is 12.1 Å². The summed E-state index contributed by atoms with van der Waals surface area (Å²) in [6.45, 7) is 7.27. The lowest BCUT2D eigenvalue weighted by molar-refractivity contribution is 0.0906. The Labute approximate surface area is 227 Å². The second-order valence-electron chi connectivity index (χ2n) is 9.87. The molecule has 0 radical (unpaired) electrons. The molecule has 9 nitrogen and oxygen atoms in total. The minimum atomic E-state index is -0.0791. The number of nitrogens with zero attached hydrogens (tertiary/aromatic N) is 6. The van der Waals surface area contributed by atoms with Crippen LogP contribution in [0.15, 0.2) is 85.3 Å². The van der Waals surface area contributed by atoms with Crippen LogP contribution in [0.4, 0.5) is 16.4 Å². The third-order valence-electron chi connectivity index (χ3n) is 7.53. The number of hydrogen-bond acceptors (Lipinski definition) is 6. The van der Waals surface area contributed by atoms with Crippen molar-refractivity contribution in [3.8, 4) is 5.82 Å². The van der Waals surface area contributed by atoms with Gasteiger partial charge in [0, 0.05) is 43.3 Å². The number of fused-ring (bicyclic) bond motifs is 2. The normalized spacial score (nSPS) is 16.9. The molecule has 0 spiro atoms. The van der Waals surface area contributed by atoms with E-state index < -0.39 is 0 Å². The SMILES string of the molecule is CCN1CCN(C(=O)Nc2cccc3ccccc23)C[C@@H]1[C@H](C)Nc1nccc(-n2cnc3ccccc32)n1. The number of imidazole rings is 1. The van der Waals surface area contributed by atoms with Crippen molar-refractivity contribution >= 4 is 39.5 Å². The molecular weight excluding hydrogens is 488 g/mol. The Hall–Kier alpha value is -4.50. The van der Waals surface area contributed by atoms with Gasteiger partial charge < -0.3 is 15.5 Å². The predicted octanol–water partition coefficient (Wildman–Crippen LogP) is 5.01. The molecule has 1 fully saturated rings. The van der Waals surface area contributed by atoms with Crippen LogP contribution in [-0.2, 0) is 0 Å². The molecule has 1 saturated heterocycles. The van der Waals surface area contributed by atoms with Crippen LogP contribution in [0.3, 0.4) is 0 Å². The highest BCUT2D eigenvalue weighted by molar-refractivity contribution is 6.01. The van der Waals surface area contributed by atoms with Gasteiger partial charge in [-0.15, -0.1) is 0 Å². The number of para-hydroxylation sites is 2. The summed E-state index contributed by atoms with van der Waals surface area (Å²) in [4.78, 5) is 31.4. The highest BCUT2D eigenvalue weighted by Crippen LogP contribution is 2.24. The second-order valence-corrected chi connectivity index (χ2v) is 9.87. The fourth-order valence-corrected chi connectivity index (χ4v) is 5.42. The van der Waals surface area contributed by atoms with Gasteiger partial charge in [-0.3, -0.25) is 9.47 Å². The second kappa shape index (κ2) is 10.7. The van der Waals surface area contributed by atoms with E-state index in [1.165, 1.54) is 0 Å². The third kappa shape index (κ3) is 5.00. The zero-order valence-electron chi connectivity index (χ0n) is 22.2. The van der Waals surface area contributed by atoms with Gasteiger partial charge in [-0.2, -0.15) is 4.98 Å². The molecule has 2 atom stereocenters. The van der Waals surface area contributed by atoms with Crippen LogP contribution in [0, 0.1) is 0 Å². The van der Waals surface area contributed by atoms with Crippen LogP contribution in [0.1, 0.15) is 13.8 Å². The van der Waals surface area contributed by atoms with Crippen LogP contribution >= 0.6 is 0 Å². The first-order valence-corrected chi connectivity index (χ1v) is 13.4. The van der Waals surface area contributed by atoms with Crippen LogP contribution in [0.25, 0.3) is 27.6 Å². The molecule has 1 aliphatic heterocycles. The number of likely N-dealkylation sites (N-methyl/N-ethyl adjacent to an activating group) is 1. The molecule has 2 aromatic heterocycles. The Kier molecular flexibility index (Phi) is 6.81. The summed E-state index contributed by atoms with van der Waals surface area (Å²) in [6.07, 6.45) is 3.54. The van der Waals surface area contributed by atoms with Gasteiger partial charge in [-0.1, -0.05) is 55.5 Å². The summed E-state index contributed by atoms with van der Waals surface area (Å²) in [5.74, 6) is 1.30. The molecular formula is C30H32N8O. The Morgan fingerprint density at radius 2 is 1.82 bits per heavy atom. The average Bonchev–Trinajstić information content (AvgIpc) is 3.41. The standard InChI is InChI=1S/C30H32N8O/c1-3-36-17-18-37(30(39)34-24-13-8-10-22-9-4-5-11-23(22)24)19-27(36)21(2)33-29-31-16-15-28(35-29)38-20-32-25-12-6-7-14-26(25)38/h4-16,20-21,27H,3,17-19H2,1-2H3,(H,34,39)(H,31,33,35)/t21-,27+/m0/s1. The number of nitrogens with one attached hydrogen (secondary N) is 2. The number of carbonyl (C=O) groups excluding carboxylic acids is 1. The number of rotatable bonds is 6. The van der Waals surface area contributed by atoms with Gasteiger partial charge in [-0.25, -0.2) is 14.8 Å². The van der Waals surface area contributed by atoms with Gasteiger partial charge in [0.25, 0.3) is 0 Å². The first-order chi connectivity index (χ1) is 19.1. The minimum absolute atomic E-state index is 0.00730. The monoisotopic (exact) mass is 520 g/mol. The van der Waals surface area contributed by atoms with Gasteiger partial charge in [0.05, 0.1) is 16.7 Å². The molecule has 2 N–H and O–H groups in total. The lowest BCUT2D eigenvalue weighted by atomic mass is 10.0. The maximum absolute atomic E-state index is 13.4. The number of amides is 2. The third-order valence-corrected chi connectivity index (χ3v) is 7.53. The Morgan fingerprint density at radius 3 is 2.72 bits per heavy atom. The molecule has 0 unspecified atom stereocenters. The predicted molar refractivity (Wildman–Crippen MR) is 155 cm³/mol. The highest BCUT2D eigenvalue weighted by atomic mass is 16.2. The molecule has 198 valence electrons. The number of hydrogen-bond donors (Lipinski definition) is 2. The lowest BCUT2D eigenvalue weighted by Gasteiger charge is -2.43. The number of anilines is 2. The van der Waals surface area contributed by atoms with Crippen molar-refractivity contribution < 1.29 is 4.79 Å². The Balaban J connectivity index is 1.17. The summed E-state index contributed by atoms with van der Waals surface area (Å²) in [7, 11) is 0. The van der Waals surface area contributed by atoms with Gasteiger partial charge >= 0.3 is 6.03 Å². The van der Waals surface area contributed by atoms with E-state index in [2.05, 4.69) is 51.5 Å². The molecule has 9 heteroatoms. The van der Waals surface area contributed by atoms with Crippen LogP contribution in [-0.4, -0.2) is 73.6 Å². The summed E-state index contributed by atoms with van der Waals surface area (Å²) in [5, 5.41) is 8.79. The maximum atomic E-state index is 13.4. The smallest absolute Gasteiger partial charge is 0.321 e. The van der Waals surface area contributed by atoms with E-state index in [1.54, 1.807) is 12.5 Å². The molecule has 0 bridgehead atoms. The van der Waals surface area contributed by atoms with Gasteiger partial charge in [0.2, 0.25) is 5.95 Å². The number of carbonyl (C=O) groups is 1. The topological polar surface area (TPSA) is 91.2 Å². The van der Waals surface area contributed by atoms with Crippen molar-refractivity contribution in [2.75, 3.05) is 36.8 Å². The van der Waals surface area contributed by atoms with E-state index in [1.807, 2.05) is 70.1 Å². The van der Waals surface area contributed by atoms with Crippen LogP contribution in [0.2, 0.25) is 0 Å². The van der Waals surface area contributed by atoms with E-state index in [0.717, 1.165) is 46.4 Å². The van der Waals surface area contributed by atoms with Gasteiger partial charge in [0.15, 0.2) is 0 Å².